The van der Waals surface area contributed by atoms with Gasteiger partial charge in [0, 0.05) is 18.6 Å². The molecule has 4 heteroatoms. The molecule has 25 heavy (non-hydrogen) atoms. The van der Waals surface area contributed by atoms with Crippen molar-refractivity contribution in [3.05, 3.63) is 60.2 Å². The van der Waals surface area contributed by atoms with Crippen molar-refractivity contribution >= 4 is 27.5 Å². The van der Waals surface area contributed by atoms with Crippen molar-refractivity contribution in [1.29, 1.82) is 0 Å². The van der Waals surface area contributed by atoms with Gasteiger partial charge in [-0.1, -0.05) is 48.5 Å². The maximum atomic E-state index is 13.1. The number of aliphatic hydroxyl groups is 1. The molecule has 2 N–H and O–H groups in total. The second-order valence-electron chi connectivity index (χ2n) is 6.88. The van der Waals surface area contributed by atoms with Crippen LogP contribution in [0.15, 0.2) is 54.6 Å². The highest BCUT2D eigenvalue weighted by Crippen LogP contribution is 2.29. The van der Waals surface area contributed by atoms with Crippen LogP contribution >= 0.6 is 0 Å². The molecule has 1 amide bonds. The second-order valence-corrected chi connectivity index (χ2v) is 6.88. The number of nitrogens with zero attached hydrogens (tertiary/aromatic N) is 1. The lowest BCUT2D eigenvalue weighted by Crippen LogP contribution is -2.36. The van der Waals surface area contributed by atoms with Crippen LogP contribution in [0.1, 0.15) is 16.8 Å². The summed E-state index contributed by atoms with van der Waals surface area (Å²) in [7, 11) is 1.99. The van der Waals surface area contributed by atoms with Gasteiger partial charge in [0.05, 0.1) is 12.2 Å². The summed E-state index contributed by atoms with van der Waals surface area (Å²) >= 11 is 0. The van der Waals surface area contributed by atoms with Crippen molar-refractivity contribution < 1.29 is 9.90 Å². The van der Waals surface area contributed by atoms with Gasteiger partial charge < -0.3 is 10.4 Å². The van der Waals surface area contributed by atoms with E-state index >= 15 is 0 Å². The van der Waals surface area contributed by atoms with E-state index in [-0.39, 0.29) is 24.6 Å². The molecule has 4 nitrogen and oxygen atoms in total. The van der Waals surface area contributed by atoms with Gasteiger partial charge in [0.15, 0.2) is 0 Å². The van der Waals surface area contributed by atoms with E-state index in [0.29, 0.717) is 0 Å². The van der Waals surface area contributed by atoms with E-state index in [1.165, 1.54) is 0 Å². The predicted molar refractivity (Wildman–Crippen MR) is 101 cm³/mol. The molecular formula is C21H22N2O2. The molecule has 1 heterocycles. The summed E-state index contributed by atoms with van der Waals surface area (Å²) in [5.74, 6) is -0.0370. The number of nitrogens with one attached hydrogen (secondary N) is 1. The standard InChI is InChI=1S/C21H22N2O2/c1-23-12-16(11-17(23)13-24)22-21(25)20-18-8-4-2-6-14(18)10-15-7-3-5-9-19(15)20/h2-10,16-17,24H,11-13H2,1H3,(H,22,25)/t16-,17+/m1/s1. The molecule has 0 unspecified atom stereocenters. The highest BCUT2D eigenvalue weighted by Gasteiger charge is 2.30. The lowest BCUT2D eigenvalue weighted by Gasteiger charge is -2.16. The number of carbonyl (C=O) groups is 1. The molecule has 3 aromatic rings. The van der Waals surface area contributed by atoms with Crippen LogP contribution in [-0.2, 0) is 0 Å². The summed E-state index contributed by atoms with van der Waals surface area (Å²) in [6.07, 6.45) is 0.779. The SMILES string of the molecule is CN1C[C@H](NC(=O)c2c3ccccc3cc3ccccc23)C[C@H]1CO. The summed E-state index contributed by atoms with van der Waals surface area (Å²) in [6.45, 7) is 0.889. The Morgan fingerprint density at radius 2 is 1.72 bits per heavy atom. The summed E-state index contributed by atoms with van der Waals surface area (Å²) in [6, 6.07) is 18.4. The molecule has 128 valence electrons. The molecular weight excluding hydrogens is 312 g/mol. The number of fused-ring (bicyclic) bond motifs is 2. The summed E-state index contributed by atoms with van der Waals surface area (Å²) < 4.78 is 0. The van der Waals surface area contributed by atoms with Crippen LogP contribution in [0.3, 0.4) is 0 Å². The number of likely N-dealkylation sites (N-methyl/N-ethyl adjacent to an activating group) is 1. The number of rotatable bonds is 3. The third kappa shape index (κ3) is 2.88. The van der Waals surface area contributed by atoms with Crippen LogP contribution in [-0.4, -0.2) is 48.2 Å². The molecule has 4 rings (SSSR count). The van der Waals surface area contributed by atoms with Crippen LogP contribution in [0.25, 0.3) is 21.5 Å². The normalized spacial score (nSPS) is 21.0. The minimum Gasteiger partial charge on any atom is -0.395 e. The number of benzene rings is 3. The molecule has 1 saturated heterocycles. The lowest BCUT2D eigenvalue weighted by molar-refractivity contribution is 0.0941. The Bertz CT molecular complexity index is 883. The zero-order valence-electron chi connectivity index (χ0n) is 14.3. The van der Waals surface area contributed by atoms with Crippen molar-refractivity contribution in [1.82, 2.24) is 10.2 Å². The van der Waals surface area contributed by atoms with E-state index in [9.17, 15) is 9.90 Å². The first kappa shape index (κ1) is 16.1. The number of likely N-dealkylation sites (tertiary alicyclic amines) is 1. The van der Waals surface area contributed by atoms with Crippen LogP contribution in [0, 0.1) is 0 Å². The van der Waals surface area contributed by atoms with Gasteiger partial charge in [-0.2, -0.15) is 0 Å². The molecule has 0 radical (unpaired) electrons. The van der Waals surface area contributed by atoms with Gasteiger partial charge in [0.2, 0.25) is 0 Å². The van der Waals surface area contributed by atoms with Gasteiger partial charge in [0.1, 0.15) is 0 Å². The van der Waals surface area contributed by atoms with Crippen molar-refractivity contribution in [2.24, 2.45) is 0 Å². The molecule has 0 aliphatic carbocycles. The highest BCUT2D eigenvalue weighted by molar-refractivity contribution is 6.18. The van der Waals surface area contributed by atoms with Gasteiger partial charge in [0.25, 0.3) is 5.91 Å². The fraction of sp³-hybridized carbons (Fsp3) is 0.286. The molecule has 0 bridgehead atoms. The lowest BCUT2D eigenvalue weighted by atomic mass is 9.96. The van der Waals surface area contributed by atoms with E-state index in [0.717, 1.165) is 40.1 Å². The van der Waals surface area contributed by atoms with Gasteiger partial charge in [-0.15, -0.1) is 0 Å². The molecule has 0 spiro atoms. The summed E-state index contributed by atoms with van der Waals surface area (Å²) in [4.78, 5) is 15.2. The van der Waals surface area contributed by atoms with Gasteiger partial charge >= 0.3 is 0 Å². The molecule has 1 aliphatic rings. The van der Waals surface area contributed by atoms with Crippen molar-refractivity contribution in [2.75, 3.05) is 20.2 Å². The Hall–Kier alpha value is -2.43. The number of aliphatic hydroxyl groups excluding tert-OH is 1. The first-order chi connectivity index (χ1) is 12.2. The average Bonchev–Trinajstić information content (AvgIpc) is 2.98. The molecule has 1 fully saturated rings. The largest absolute Gasteiger partial charge is 0.395 e. The molecule has 0 aromatic heterocycles. The third-order valence-corrected chi connectivity index (χ3v) is 5.23. The van der Waals surface area contributed by atoms with Gasteiger partial charge in [-0.3, -0.25) is 9.69 Å². The Morgan fingerprint density at radius 1 is 1.12 bits per heavy atom. The van der Waals surface area contributed by atoms with E-state index in [4.69, 9.17) is 0 Å². The van der Waals surface area contributed by atoms with Crippen LogP contribution in [0.2, 0.25) is 0 Å². The minimum absolute atomic E-state index is 0.0370. The van der Waals surface area contributed by atoms with E-state index in [1.807, 2.05) is 55.6 Å². The smallest absolute Gasteiger partial charge is 0.252 e. The van der Waals surface area contributed by atoms with Crippen LogP contribution < -0.4 is 5.32 Å². The zero-order chi connectivity index (χ0) is 17.4. The highest BCUT2D eigenvalue weighted by atomic mass is 16.3. The third-order valence-electron chi connectivity index (χ3n) is 5.23. The first-order valence-electron chi connectivity index (χ1n) is 8.70. The quantitative estimate of drug-likeness (QED) is 0.724. The summed E-state index contributed by atoms with van der Waals surface area (Å²) in [5, 5.41) is 16.7. The van der Waals surface area contributed by atoms with Crippen molar-refractivity contribution in [3.8, 4) is 0 Å². The Kier molecular flexibility index (Phi) is 4.15. The zero-order valence-corrected chi connectivity index (χ0v) is 14.3. The Balaban J connectivity index is 1.75. The maximum Gasteiger partial charge on any atom is 0.252 e. The fourth-order valence-electron chi connectivity index (χ4n) is 3.91. The van der Waals surface area contributed by atoms with E-state index < -0.39 is 0 Å². The molecule has 3 aromatic carbocycles. The number of carbonyl (C=O) groups excluding carboxylic acids is 1. The number of hydrogen-bond donors (Lipinski definition) is 2. The number of hydrogen-bond acceptors (Lipinski definition) is 3. The first-order valence-corrected chi connectivity index (χ1v) is 8.70. The topological polar surface area (TPSA) is 52.6 Å². The van der Waals surface area contributed by atoms with E-state index in [1.54, 1.807) is 0 Å². The molecule has 2 atom stereocenters. The van der Waals surface area contributed by atoms with Crippen LogP contribution in [0.4, 0.5) is 0 Å². The average molecular weight is 334 g/mol. The molecule has 1 aliphatic heterocycles. The minimum atomic E-state index is -0.0370. The van der Waals surface area contributed by atoms with Gasteiger partial charge in [-0.25, -0.2) is 0 Å². The maximum absolute atomic E-state index is 13.1. The van der Waals surface area contributed by atoms with Crippen molar-refractivity contribution in [2.45, 2.75) is 18.5 Å². The summed E-state index contributed by atoms with van der Waals surface area (Å²) in [5.41, 5.74) is 0.740. The second kappa shape index (κ2) is 6.47. The monoisotopic (exact) mass is 334 g/mol. The van der Waals surface area contributed by atoms with Gasteiger partial charge in [-0.05, 0) is 41.1 Å². The van der Waals surface area contributed by atoms with Crippen LogP contribution in [0.5, 0.6) is 0 Å². The predicted octanol–water partition coefficient (Wildman–Crippen LogP) is 2.79. The Labute approximate surface area is 147 Å². The molecule has 0 saturated carbocycles. The Morgan fingerprint density at radius 3 is 2.28 bits per heavy atom. The van der Waals surface area contributed by atoms with E-state index in [2.05, 4.69) is 16.3 Å². The van der Waals surface area contributed by atoms with Crippen molar-refractivity contribution in [3.63, 3.8) is 0 Å². The fourth-order valence-corrected chi connectivity index (χ4v) is 3.91. The number of amides is 1.